The summed E-state index contributed by atoms with van der Waals surface area (Å²) in [4.78, 5) is 16.1. The lowest BCUT2D eigenvalue weighted by atomic mass is 10.2. The van der Waals surface area contributed by atoms with Crippen LogP contribution in [0.25, 0.3) is 6.08 Å². The molecule has 0 spiro atoms. The first-order chi connectivity index (χ1) is 12.2. The summed E-state index contributed by atoms with van der Waals surface area (Å²) >= 11 is 0. The molecule has 4 nitrogen and oxygen atoms in total. The minimum atomic E-state index is -0.177. The standard InChI is InChI=1S/C21H18N2O2/c1-16-14-18(10-11-20(16)25-19-8-5-13-22-15-19)23-21(24)12-9-17-6-3-2-4-7-17/h2-15H,1H3,(H,23,24). The van der Waals surface area contributed by atoms with Gasteiger partial charge < -0.3 is 10.1 Å². The molecule has 0 unspecified atom stereocenters. The van der Waals surface area contributed by atoms with Crippen molar-refractivity contribution in [2.24, 2.45) is 0 Å². The number of nitrogens with zero attached hydrogens (tertiary/aromatic N) is 1. The molecule has 0 saturated carbocycles. The van der Waals surface area contributed by atoms with Crippen LogP contribution in [0.5, 0.6) is 11.5 Å². The number of aryl methyl sites for hydroxylation is 1. The molecule has 0 fully saturated rings. The summed E-state index contributed by atoms with van der Waals surface area (Å²) in [5.41, 5.74) is 2.63. The van der Waals surface area contributed by atoms with Crippen LogP contribution in [-0.4, -0.2) is 10.9 Å². The minimum absolute atomic E-state index is 0.177. The summed E-state index contributed by atoms with van der Waals surface area (Å²) in [6.07, 6.45) is 6.65. The van der Waals surface area contributed by atoms with Gasteiger partial charge in [-0.1, -0.05) is 30.3 Å². The molecule has 0 saturated heterocycles. The summed E-state index contributed by atoms with van der Waals surface area (Å²) in [5.74, 6) is 1.23. The molecule has 0 aliphatic rings. The van der Waals surface area contributed by atoms with E-state index in [0.29, 0.717) is 5.75 Å². The fourth-order valence-electron chi connectivity index (χ4n) is 2.30. The largest absolute Gasteiger partial charge is 0.455 e. The number of rotatable bonds is 5. The molecular formula is C21H18N2O2. The van der Waals surface area contributed by atoms with Crippen molar-refractivity contribution in [2.45, 2.75) is 6.92 Å². The van der Waals surface area contributed by atoms with Gasteiger partial charge >= 0.3 is 0 Å². The highest BCUT2D eigenvalue weighted by molar-refractivity contribution is 6.02. The van der Waals surface area contributed by atoms with E-state index in [9.17, 15) is 4.79 Å². The topological polar surface area (TPSA) is 51.2 Å². The van der Waals surface area contributed by atoms with E-state index in [0.717, 1.165) is 22.6 Å². The molecule has 124 valence electrons. The first-order valence-corrected chi connectivity index (χ1v) is 7.93. The Labute approximate surface area is 146 Å². The molecule has 25 heavy (non-hydrogen) atoms. The molecule has 0 aliphatic carbocycles. The molecule has 1 aromatic heterocycles. The van der Waals surface area contributed by atoms with Crippen molar-refractivity contribution >= 4 is 17.7 Å². The van der Waals surface area contributed by atoms with Gasteiger partial charge in [-0.3, -0.25) is 9.78 Å². The van der Waals surface area contributed by atoms with Gasteiger partial charge in [0.15, 0.2) is 0 Å². The molecular weight excluding hydrogens is 312 g/mol. The third-order valence-electron chi connectivity index (χ3n) is 3.53. The van der Waals surface area contributed by atoms with Crippen molar-refractivity contribution < 1.29 is 9.53 Å². The van der Waals surface area contributed by atoms with Crippen LogP contribution >= 0.6 is 0 Å². The Kier molecular flexibility index (Phi) is 5.22. The number of benzene rings is 2. The zero-order chi connectivity index (χ0) is 17.5. The Morgan fingerprint density at radius 3 is 2.64 bits per heavy atom. The number of nitrogens with one attached hydrogen (secondary N) is 1. The van der Waals surface area contributed by atoms with E-state index in [4.69, 9.17) is 4.74 Å². The molecule has 0 aliphatic heterocycles. The summed E-state index contributed by atoms with van der Waals surface area (Å²) in [6.45, 7) is 1.93. The van der Waals surface area contributed by atoms with Gasteiger partial charge in [-0.15, -0.1) is 0 Å². The molecule has 0 atom stereocenters. The number of pyridine rings is 1. The van der Waals surface area contributed by atoms with E-state index in [1.54, 1.807) is 18.5 Å². The molecule has 0 radical (unpaired) electrons. The van der Waals surface area contributed by atoms with Crippen molar-refractivity contribution in [3.63, 3.8) is 0 Å². The molecule has 1 heterocycles. The van der Waals surface area contributed by atoms with Crippen LogP contribution < -0.4 is 10.1 Å². The molecule has 3 aromatic rings. The van der Waals surface area contributed by atoms with E-state index in [1.807, 2.05) is 67.6 Å². The highest BCUT2D eigenvalue weighted by Crippen LogP contribution is 2.26. The van der Waals surface area contributed by atoms with E-state index >= 15 is 0 Å². The smallest absolute Gasteiger partial charge is 0.248 e. The number of anilines is 1. The quantitative estimate of drug-likeness (QED) is 0.681. The number of amides is 1. The van der Waals surface area contributed by atoms with Gasteiger partial charge in [0, 0.05) is 18.0 Å². The monoisotopic (exact) mass is 330 g/mol. The fraction of sp³-hybridized carbons (Fsp3) is 0.0476. The van der Waals surface area contributed by atoms with Crippen molar-refractivity contribution in [3.8, 4) is 11.5 Å². The van der Waals surface area contributed by atoms with Gasteiger partial charge in [-0.2, -0.15) is 0 Å². The second kappa shape index (κ2) is 7.93. The molecule has 1 N–H and O–H groups in total. The second-order valence-corrected chi connectivity index (χ2v) is 5.50. The maximum atomic E-state index is 12.0. The number of carbonyl (C=O) groups excluding carboxylic acids is 1. The molecule has 4 heteroatoms. The third kappa shape index (κ3) is 4.78. The number of ether oxygens (including phenoxy) is 1. The summed E-state index contributed by atoms with van der Waals surface area (Å²) in [7, 11) is 0. The van der Waals surface area contributed by atoms with E-state index in [1.165, 1.54) is 6.08 Å². The SMILES string of the molecule is Cc1cc(NC(=O)C=Cc2ccccc2)ccc1Oc1cccnc1. The number of hydrogen-bond donors (Lipinski definition) is 1. The Morgan fingerprint density at radius 2 is 1.92 bits per heavy atom. The maximum Gasteiger partial charge on any atom is 0.248 e. The average molecular weight is 330 g/mol. The zero-order valence-electron chi connectivity index (χ0n) is 13.8. The predicted molar refractivity (Wildman–Crippen MR) is 99.6 cm³/mol. The Bertz CT molecular complexity index is 875. The molecule has 1 amide bonds. The highest BCUT2D eigenvalue weighted by atomic mass is 16.5. The van der Waals surface area contributed by atoms with Crippen molar-refractivity contribution in [1.82, 2.24) is 4.98 Å². The molecule has 3 rings (SSSR count). The Morgan fingerprint density at radius 1 is 1.08 bits per heavy atom. The lowest BCUT2D eigenvalue weighted by Crippen LogP contribution is -2.07. The van der Waals surface area contributed by atoms with Crippen LogP contribution in [0.2, 0.25) is 0 Å². The maximum absolute atomic E-state index is 12.0. The zero-order valence-corrected chi connectivity index (χ0v) is 13.8. The van der Waals surface area contributed by atoms with Gasteiger partial charge in [-0.25, -0.2) is 0 Å². The molecule has 0 bridgehead atoms. The van der Waals surface area contributed by atoms with E-state index < -0.39 is 0 Å². The average Bonchev–Trinajstić information content (AvgIpc) is 2.64. The minimum Gasteiger partial charge on any atom is -0.455 e. The lowest BCUT2D eigenvalue weighted by Gasteiger charge is -2.10. The van der Waals surface area contributed by atoms with Gasteiger partial charge in [0.2, 0.25) is 5.91 Å². The van der Waals surface area contributed by atoms with Crippen LogP contribution in [-0.2, 0) is 4.79 Å². The van der Waals surface area contributed by atoms with Crippen LogP contribution in [0.1, 0.15) is 11.1 Å². The number of carbonyl (C=O) groups is 1. The predicted octanol–water partition coefficient (Wildman–Crippen LogP) is 4.83. The normalized spacial score (nSPS) is 10.6. The molecule has 2 aromatic carbocycles. The van der Waals surface area contributed by atoms with Gasteiger partial charge in [0.05, 0.1) is 6.20 Å². The number of hydrogen-bond acceptors (Lipinski definition) is 3. The highest BCUT2D eigenvalue weighted by Gasteiger charge is 2.04. The van der Waals surface area contributed by atoms with Crippen LogP contribution in [0.3, 0.4) is 0 Å². The Hall–Kier alpha value is -3.40. The van der Waals surface area contributed by atoms with Gasteiger partial charge in [-0.05, 0) is 54.5 Å². The van der Waals surface area contributed by atoms with E-state index in [2.05, 4.69) is 10.3 Å². The first-order valence-electron chi connectivity index (χ1n) is 7.93. The van der Waals surface area contributed by atoms with Crippen LogP contribution in [0.4, 0.5) is 5.69 Å². The van der Waals surface area contributed by atoms with Crippen molar-refractivity contribution in [1.29, 1.82) is 0 Å². The van der Waals surface area contributed by atoms with Crippen molar-refractivity contribution in [2.75, 3.05) is 5.32 Å². The number of aromatic nitrogens is 1. The van der Waals surface area contributed by atoms with Gasteiger partial charge in [0.25, 0.3) is 0 Å². The third-order valence-corrected chi connectivity index (χ3v) is 3.53. The summed E-state index contributed by atoms with van der Waals surface area (Å²) < 4.78 is 5.79. The van der Waals surface area contributed by atoms with Crippen LogP contribution in [0.15, 0.2) is 79.1 Å². The Balaban J connectivity index is 1.64. The second-order valence-electron chi connectivity index (χ2n) is 5.50. The summed E-state index contributed by atoms with van der Waals surface area (Å²) in [5, 5.41) is 2.85. The van der Waals surface area contributed by atoms with Crippen molar-refractivity contribution in [3.05, 3.63) is 90.3 Å². The fourth-order valence-corrected chi connectivity index (χ4v) is 2.30. The van der Waals surface area contributed by atoms with Gasteiger partial charge in [0.1, 0.15) is 11.5 Å². The van der Waals surface area contributed by atoms with E-state index in [-0.39, 0.29) is 5.91 Å². The van der Waals surface area contributed by atoms with Crippen LogP contribution in [0, 0.1) is 6.92 Å². The summed E-state index contributed by atoms with van der Waals surface area (Å²) in [6, 6.07) is 18.9. The lowest BCUT2D eigenvalue weighted by molar-refractivity contribution is -0.111. The first kappa shape index (κ1) is 16.5.